The molecule has 68 valence electrons. The zero-order valence-corrected chi connectivity index (χ0v) is 7.83. The summed E-state index contributed by atoms with van der Waals surface area (Å²) in [5.41, 5.74) is 2.52. The minimum atomic E-state index is -0.243. The molecule has 2 rings (SSSR count). The van der Waals surface area contributed by atoms with Crippen molar-refractivity contribution in [3.63, 3.8) is 0 Å². The van der Waals surface area contributed by atoms with Crippen molar-refractivity contribution in [1.82, 2.24) is 0 Å². The van der Waals surface area contributed by atoms with E-state index >= 15 is 0 Å². The first kappa shape index (κ1) is 8.30. The molecule has 0 fully saturated rings. The number of carbonyl (C=O) groups excluding carboxylic acids is 1. The average Bonchev–Trinajstić information content (AvgIpc) is 2.05. The molecule has 1 unspecified atom stereocenters. The number of fused-ring (bicyclic) bond motifs is 1. The maximum absolute atomic E-state index is 10.8. The Hall–Kier alpha value is -1.31. The lowest BCUT2D eigenvalue weighted by atomic mass is 9.78. The summed E-state index contributed by atoms with van der Waals surface area (Å²) in [6.45, 7) is 3.61. The summed E-state index contributed by atoms with van der Waals surface area (Å²) < 4.78 is 5.09. The number of benzene rings is 1. The highest BCUT2D eigenvalue weighted by Gasteiger charge is 2.25. The van der Waals surface area contributed by atoms with Crippen molar-refractivity contribution in [2.24, 2.45) is 0 Å². The number of hydrogen-bond donors (Lipinski definition) is 0. The second-order valence-corrected chi connectivity index (χ2v) is 3.52. The van der Waals surface area contributed by atoms with Crippen LogP contribution in [0.3, 0.4) is 0 Å². The van der Waals surface area contributed by atoms with Gasteiger partial charge in [0.1, 0.15) is 5.75 Å². The molecule has 0 spiro atoms. The molecule has 1 atom stereocenters. The zero-order chi connectivity index (χ0) is 9.42. The molecule has 1 aromatic rings. The summed E-state index contributed by atoms with van der Waals surface area (Å²) in [7, 11) is 0. The highest BCUT2D eigenvalue weighted by atomic mass is 16.5. The van der Waals surface area contributed by atoms with E-state index in [1.54, 1.807) is 0 Å². The van der Waals surface area contributed by atoms with E-state index in [9.17, 15) is 4.79 Å². The van der Waals surface area contributed by atoms with E-state index in [0.717, 1.165) is 12.2 Å². The molecule has 0 aromatic heterocycles. The van der Waals surface area contributed by atoms with Crippen molar-refractivity contribution >= 4 is 5.97 Å². The molecule has 0 aliphatic heterocycles. The van der Waals surface area contributed by atoms with Crippen LogP contribution in [0.4, 0.5) is 0 Å². The van der Waals surface area contributed by atoms with Crippen LogP contribution in [0.2, 0.25) is 0 Å². The van der Waals surface area contributed by atoms with Gasteiger partial charge in [0.05, 0.1) is 0 Å². The van der Waals surface area contributed by atoms with Crippen molar-refractivity contribution in [2.75, 3.05) is 0 Å². The number of hydrogen-bond acceptors (Lipinski definition) is 2. The molecule has 2 heteroatoms. The van der Waals surface area contributed by atoms with Crippen LogP contribution < -0.4 is 4.74 Å². The lowest BCUT2D eigenvalue weighted by molar-refractivity contribution is -0.131. The smallest absolute Gasteiger partial charge is 0.308 e. The van der Waals surface area contributed by atoms with Gasteiger partial charge in [0.2, 0.25) is 0 Å². The molecule has 1 aromatic carbocycles. The van der Waals surface area contributed by atoms with Gasteiger partial charge in [0, 0.05) is 6.92 Å². The minimum Gasteiger partial charge on any atom is -0.426 e. The van der Waals surface area contributed by atoms with Crippen LogP contribution >= 0.6 is 0 Å². The summed E-state index contributed by atoms with van der Waals surface area (Å²) in [4.78, 5) is 10.8. The fourth-order valence-corrected chi connectivity index (χ4v) is 1.80. The van der Waals surface area contributed by atoms with Crippen LogP contribution in [0.5, 0.6) is 5.75 Å². The molecule has 0 N–H and O–H groups in total. The fraction of sp³-hybridized carbons (Fsp3) is 0.364. The van der Waals surface area contributed by atoms with Crippen LogP contribution in [0, 0.1) is 0 Å². The van der Waals surface area contributed by atoms with Crippen molar-refractivity contribution in [2.45, 2.75) is 26.2 Å². The average molecular weight is 176 g/mol. The summed E-state index contributed by atoms with van der Waals surface area (Å²) in [5, 5.41) is 0. The van der Waals surface area contributed by atoms with E-state index < -0.39 is 0 Å². The predicted octanol–water partition coefficient (Wildman–Crippen LogP) is 2.27. The normalized spacial score (nSPS) is 18.8. The minimum absolute atomic E-state index is 0.243. The summed E-state index contributed by atoms with van der Waals surface area (Å²) in [5.74, 6) is 1.11. The number of esters is 1. The predicted molar refractivity (Wildman–Crippen MR) is 49.9 cm³/mol. The highest BCUT2D eigenvalue weighted by molar-refractivity contribution is 5.70. The van der Waals surface area contributed by atoms with E-state index in [1.165, 1.54) is 18.1 Å². The van der Waals surface area contributed by atoms with Crippen molar-refractivity contribution in [3.8, 4) is 5.75 Å². The van der Waals surface area contributed by atoms with E-state index in [0.29, 0.717) is 5.92 Å². The van der Waals surface area contributed by atoms with Crippen LogP contribution in [0.15, 0.2) is 18.2 Å². The van der Waals surface area contributed by atoms with Gasteiger partial charge in [-0.05, 0) is 29.5 Å². The second-order valence-electron chi connectivity index (χ2n) is 3.52. The van der Waals surface area contributed by atoms with Gasteiger partial charge < -0.3 is 4.74 Å². The highest BCUT2D eigenvalue weighted by Crippen LogP contribution is 2.40. The summed E-state index contributed by atoms with van der Waals surface area (Å²) >= 11 is 0. The molecular formula is C11H12O2. The first-order chi connectivity index (χ1) is 6.18. The quantitative estimate of drug-likeness (QED) is 0.484. The SMILES string of the molecule is CC(=O)Oc1cccc2c1CC2C. The Labute approximate surface area is 77.5 Å². The largest absolute Gasteiger partial charge is 0.426 e. The standard InChI is InChI=1S/C11H12O2/c1-7-6-10-9(7)4-3-5-11(10)13-8(2)12/h3-5,7H,6H2,1-2H3. The lowest BCUT2D eigenvalue weighted by Crippen LogP contribution is -2.16. The van der Waals surface area contributed by atoms with Gasteiger partial charge in [0.25, 0.3) is 0 Å². The van der Waals surface area contributed by atoms with Gasteiger partial charge in [-0.3, -0.25) is 4.79 Å². The molecule has 2 nitrogen and oxygen atoms in total. The fourth-order valence-electron chi connectivity index (χ4n) is 1.80. The molecular weight excluding hydrogens is 164 g/mol. The molecule has 1 aliphatic carbocycles. The Bertz CT molecular complexity index is 355. The zero-order valence-electron chi connectivity index (χ0n) is 7.83. The van der Waals surface area contributed by atoms with Gasteiger partial charge in [-0.1, -0.05) is 19.1 Å². The summed E-state index contributed by atoms with van der Waals surface area (Å²) in [6, 6.07) is 5.88. The van der Waals surface area contributed by atoms with Gasteiger partial charge in [-0.2, -0.15) is 0 Å². The Kier molecular flexibility index (Phi) is 1.83. The molecule has 0 saturated carbocycles. The molecule has 0 radical (unpaired) electrons. The summed E-state index contributed by atoms with van der Waals surface area (Å²) in [6.07, 6.45) is 1.03. The van der Waals surface area contributed by atoms with Gasteiger partial charge >= 0.3 is 5.97 Å². The number of rotatable bonds is 1. The topological polar surface area (TPSA) is 26.3 Å². The van der Waals surface area contributed by atoms with Crippen molar-refractivity contribution < 1.29 is 9.53 Å². The number of carbonyl (C=O) groups is 1. The molecule has 13 heavy (non-hydrogen) atoms. The second kappa shape index (κ2) is 2.87. The van der Waals surface area contributed by atoms with Gasteiger partial charge in [0.15, 0.2) is 0 Å². The van der Waals surface area contributed by atoms with Crippen LogP contribution in [-0.2, 0) is 11.2 Å². The maximum Gasteiger partial charge on any atom is 0.308 e. The Balaban J connectivity index is 2.33. The third kappa shape index (κ3) is 1.32. The first-order valence-corrected chi connectivity index (χ1v) is 4.48. The van der Waals surface area contributed by atoms with Crippen molar-refractivity contribution in [3.05, 3.63) is 29.3 Å². The van der Waals surface area contributed by atoms with Gasteiger partial charge in [-0.15, -0.1) is 0 Å². The first-order valence-electron chi connectivity index (χ1n) is 4.48. The van der Waals surface area contributed by atoms with Crippen LogP contribution in [0.25, 0.3) is 0 Å². The third-order valence-corrected chi connectivity index (χ3v) is 2.46. The Morgan fingerprint density at radius 2 is 2.31 bits per heavy atom. The van der Waals surface area contributed by atoms with E-state index in [4.69, 9.17) is 4.74 Å². The van der Waals surface area contributed by atoms with Crippen LogP contribution in [-0.4, -0.2) is 5.97 Å². The number of ether oxygens (including phenoxy) is 1. The maximum atomic E-state index is 10.8. The van der Waals surface area contributed by atoms with Crippen molar-refractivity contribution in [1.29, 1.82) is 0 Å². The monoisotopic (exact) mass is 176 g/mol. The van der Waals surface area contributed by atoms with Crippen LogP contribution in [0.1, 0.15) is 30.9 Å². The molecule has 1 aliphatic rings. The van der Waals surface area contributed by atoms with E-state index in [-0.39, 0.29) is 5.97 Å². The lowest BCUT2D eigenvalue weighted by Gasteiger charge is -2.28. The Morgan fingerprint density at radius 1 is 1.54 bits per heavy atom. The third-order valence-electron chi connectivity index (χ3n) is 2.46. The van der Waals surface area contributed by atoms with E-state index in [1.807, 2.05) is 12.1 Å². The van der Waals surface area contributed by atoms with E-state index in [2.05, 4.69) is 13.0 Å². The van der Waals surface area contributed by atoms with Gasteiger partial charge in [-0.25, -0.2) is 0 Å². The molecule has 0 amide bonds. The molecule has 0 heterocycles. The molecule has 0 bridgehead atoms. The Morgan fingerprint density at radius 3 is 2.92 bits per heavy atom. The molecule has 0 saturated heterocycles.